The second-order valence-corrected chi connectivity index (χ2v) is 4.65. The average molecular weight is 280 g/mol. The van der Waals surface area contributed by atoms with Gasteiger partial charge in [-0.3, -0.25) is 9.59 Å². The Bertz CT molecular complexity index is 470. The average Bonchev–Trinajstić information content (AvgIpc) is 2.97. The van der Waals surface area contributed by atoms with Crippen LogP contribution in [0, 0.1) is 5.82 Å². The van der Waals surface area contributed by atoms with Crippen molar-refractivity contribution >= 4 is 11.8 Å². The predicted molar refractivity (Wildman–Crippen MR) is 70.2 cm³/mol. The molecule has 108 valence electrons. The van der Waals surface area contributed by atoms with Crippen LogP contribution in [0.3, 0.4) is 0 Å². The lowest BCUT2D eigenvalue weighted by atomic mass is 10.2. The molecule has 1 atom stereocenters. The quantitative estimate of drug-likeness (QED) is 0.799. The van der Waals surface area contributed by atoms with Crippen LogP contribution in [0.25, 0.3) is 0 Å². The van der Waals surface area contributed by atoms with Gasteiger partial charge >= 0.3 is 11.8 Å². The van der Waals surface area contributed by atoms with Crippen LogP contribution >= 0.6 is 0 Å². The molecule has 0 unspecified atom stereocenters. The first kappa shape index (κ1) is 14.5. The van der Waals surface area contributed by atoms with Crippen molar-refractivity contribution in [2.45, 2.75) is 25.5 Å². The highest BCUT2D eigenvalue weighted by Gasteiger charge is 2.18. The summed E-state index contributed by atoms with van der Waals surface area (Å²) >= 11 is 0. The van der Waals surface area contributed by atoms with Crippen molar-refractivity contribution in [2.24, 2.45) is 0 Å². The molecular formula is C14H17FN2O3. The van der Waals surface area contributed by atoms with E-state index in [4.69, 9.17) is 4.74 Å². The fourth-order valence-corrected chi connectivity index (χ4v) is 1.96. The second kappa shape index (κ2) is 7.00. The van der Waals surface area contributed by atoms with Crippen molar-refractivity contribution in [1.82, 2.24) is 10.6 Å². The molecule has 0 aliphatic carbocycles. The van der Waals surface area contributed by atoms with Crippen LogP contribution in [-0.4, -0.2) is 31.1 Å². The topological polar surface area (TPSA) is 67.4 Å². The number of hydrogen-bond acceptors (Lipinski definition) is 3. The molecule has 1 heterocycles. The van der Waals surface area contributed by atoms with Gasteiger partial charge in [0.25, 0.3) is 0 Å². The van der Waals surface area contributed by atoms with E-state index in [0.717, 1.165) is 18.4 Å². The Morgan fingerprint density at radius 1 is 1.20 bits per heavy atom. The van der Waals surface area contributed by atoms with E-state index < -0.39 is 11.8 Å². The number of rotatable bonds is 4. The summed E-state index contributed by atoms with van der Waals surface area (Å²) in [5, 5.41) is 5.01. The minimum Gasteiger partial charge on any atom is -0.376 e. The van der Waals surface area contributed by atoms with Crippen LogP contribution < -0.4 is 10.6 Å². The maximum absolute atomic E-state index is 12.7. The Balaban J connectivity index is 1.70. The van der Waals surface area contributed by atoms with E-state index >= 15 is 0 Å². The number of benzene rings is 1. The first-order valence-corrected chi connectivity index (χ1v) is 6.57. The molecule has 1 aromatic carbocycles. The van der Waals surface area contributed by atoms with Gasteiger partial charge in [0.1, 0.15) is 5.82 Å². The summed E-state index contributed by atoms with van der Waals surface area (Å²) in [5.74, 6) is -1.72. The van der Waals surface area contributed by atoms with E-state index in [1.54, 1.807) is 12.1 Å². The summed E-state index contributed by atoms with van der Waals surface area (Å²) in [6, 6.07) is 5.72. The summed E-state index contributed by atoms with van der Waals surface area (Å²) in [6.07, 6.45) is 1.89. The molecule has 0 radical (unpaired) electrons. The number of carbonyl (C=O) groups is 2. The lowest BCUT2D eigenvalue weighted by molar-refractivity contribution is -0.139. The maximum atomic E-state index is 12.7. The third-order valence-corrected chi connectivity index (χ3v) is 3.09. The van der Waals surface area contributed by atoms with Crippen molar-refractivity contribution < 1.29 is 18.7 Å². The fraction of sp³-hybridized carbons (Fsp3) is 0.429. The van der Waals surface area contributed by atoms with Gasteiger partial charge in [-0.2, -0.15) is 0 Å². The largest absolute Gasteiger partial charge is 0.376 e. The molecule has 2 amide bonds. The van der Waals surface area contributed by atoms with Gasteiger partial charge in [-0.15, -0.1) is 0 Å². The van der Waals surface area contributed by atoms with Gasteiger partial charge in [0.2, 0.25) is 0 Å². The highest BCUT2D eigenvalue weighted by atomic mass is 19.1. The van der Waals surface area contributed by atoms with E-state index in [-0.39, 0.29) is 18.5 Å². The minimum atomic E-state index is -0.702. The number of hydrogen-bond donors (Lipinski definition) is 2. The molecule has 1 aliphatic rings. The molecule has 0 bridgehead atoms. The zero-order valence-electron chi connectivity index (χ0n) is 11.0. The molecule has 1 saturated heterocycles. The van der Waals surface area contributed by atoms with Crippen LogP contribution in [0.15, 0.2) is 24.3 Å². The number of ether oxygens (including phenoxy) is 1. The van der Waals surface area contributed by atoms with Crippen molar-refractivity contribution in [2.75, 3.05) is 13.2 Å². The molecule has 2 rings (SSSR count). The van der Waals surface area contributed by atoms with Gasteiger partial charge < -0.3 is 15.4 Å². The molecule has 5 nitrogen and oxygen atoms in total. The summed E-state index contributed by atoms with van der Waals surface area (Å²) in [7, 11) is 0. The standard InChI is InChI=1S/C14H17FN2O3/c15-11-5-3-10(4-6-11)8-16-13(18)14(19)17-9-12-2-1-7-20-12/h3-6,12H,1-2,7-9H2,(H,16,18)(H,17,19)/t12-/m1/s1. The zero-order valence-corrected chi connectivity index (χ0v) is 11.0. The normalized spacial score (nSPS) is 17.8. The molecule has 6 heteroatoms. The number of halogens is 1. The lowest BCUT2D eigenvalue weighted by Crippen LogP contribution is -2.42. The van der Waals surface area contributed by atoms with E-state index in [9.17, 15) is 14.0 Å². The molecule has 1 aromatic rings. The molecule has 0 spiro atoms. The fourth-order valence-electron chi connectivity index (χ4n) is 1.96. The maximum Gasteiger partial charge on any atom is 0.309 e. The van der Waals surface area contributed by atoms with Gasteiger partial charge in [-0.05, 0) is 30.5 Å². The highest BCUT2D eigenvalue weighted by molar-refractivity contribution is 6.35. The van der Waals surface area contributed by atoms with Crippen LogP contribution in [-0.2, 0) is 20.9 Å². The third-order valence-electron chi connectivity index (χ3n) is 3.09. The van der Waals surface area contributed by atoms with Gasteiger partial charge in [-0.1, -0.05) is 12.1 Å². The number of carbonyl (C=O) groups excluding carboxylic acids is 2. The predicted octanol–water partition coefficient (Wildman–Crippen LogP) is 0.737. The van der Waals surface area contributed by atoms with E-state index in [1.807, 2.05) is 0 Å². The zero-order chi connectivity index (χ0) is 14.4. The molecular weight excluding hydrogens is 263 g/mol. The smallest absolute Gasteiger partial charge is 0.309 e. The Morgan fingerprint density at radius 3 is 2.55 bits per heavy atom. The van der Waals surface area contributed by atoms with E-state index in [0.29, 0.717) is 13.2 Å². The Labute approximate surface area is 116 Å². The minimum absolute atomic E-state index is 0.00356. The molecule has 0 aromatic heterocycles. The third kappa shape index (κ3) is 4.31. The van der Waals surface area contributed by atoms with E-state index in [2.05, 4.69) is 10.6 Å². The van der Waals surface area contributed by atoms with Crippen molar-refractivity contribution in [3.63, 3.8) is 0 Å². The monoisotopic (exact) mass is 280 g/mol. The summed E-state index contributed by atoms with van der Waals surface area (Å²) in [5.41, 5.74) is 0.728. The van der Waals surface area contributed by atoms with Crippen LogP contribution in [0.5, 0.6) is 0 Å². The van der Waals surface area contributed by atoms with Crippen molar-refractivity contribution in [3.8, 4) is 0 Å². The Kier molecular flexibility index (Phi) is 5.06. The summed E-state index contributed by atoms with van der Waals surface area (Å²) < 4.78 is 18.0. The second-order valence-electron chi connectivity index (χ2n) is 4.65. The molecule has 1 aliphatic heterocycles. The van der Waals surface area contributed by atoms with Crippen LogP contribution in [0.2, 0.25) is 0 Å². The molecule has 2 N–H and O–H groups in total. The van der Waals surface area contributed by atoms with Crippen molar-refractivity contribution in [1.29, 1.82) is 0 Å². The first-order valence-electron chi connectivity index (χ1n) is 6.57. The summed E-state index contributed by atoms with van der Waals surface area (Å²) in [4.78, 5) is 23.1. The number of amides is 2. The SMILES string of the molecule is O=C(NCc1ccc(F)cc1)C(=O)NC[C@H]1CCCO1. The Morgan fingerprint density at radius 2 is 1.90 bits per heavy atom. The van der Waals surface area contributed by atoms with E-state index in [1.165, 1.54) is 12.1 Å². The molecule has 1 fully saturated rings. The first-order chi connectivity index (χ1) is 9.65. The lowest BCUT2D eigenvalue weighted by Gasteiger charge is -2.10. The number of nitrogens with one attached hydrogen (secondary N) is 2. The Hall–Kier alpha value is -1.95. The van der Waals surface area contributed by atoms with Gasteiger partial charge in [-0.25, -0.2) is 4.39 Å². The van der Waals surface area contributed by atoms with Crippen LogP contribution in [0.1, 0.15) is 18.4 Å². The van der Waals surface area contributed by atoms with Gasteiger partial charge in [0, 0.05) is 19.7 Å². The molecule has 20 heavy (non-hydrogen) atoms. The highest BCUT2D eigenvalue weighted by Crippen LogP contribution is 2.10. The summed E-state index contributed by atoms with van der Waals surface area (Å²) in [6.45, 7) is 1.24. The van der Waals surface area contributed by atoms with Crippen LogP contribution in [0.4, 0.5) is 4.39 Å². The van der Waals surface area contributed by atoms with Gasteiger partial charge in [0.15, 0.2) is 0 Å². The van der Waals surface area contributed by atoms with Crippen molar-refractivity contribution in [3.05, 3.63) is 35.6 Å². The molecule has 0 saturated carbocycles. The van der Waals surface area contributed by atoms with Gasteiger partial charge in [0.05, 0.1) is 6.10 Å².